The number of unbranched alkanes of at least 4 members (excludes halogenated alkanes) is 26. The molecule has 1 aliphatic rings. The van der Waals surface area contributed by atoms with E-state index in [-0.39, 0.29) is 13.0 Å². The highest BCUT2D eigenvalue weighted by atomic mass is 31.2. The molecular formula is C54H99O12P. The fraction of sp³-hybridized carbons (Fsp3) is 0.833. The van der Waals surface area contributed by atoms with Crippen molar-refractivity contribution in [1.29, 1.82) is 0 Å². The number of aliphatic hydroxyl groups is 5. The van der Waals surface area contributed by atoms with E-state index < -0.39 is 63.1 Å². The Morgan fingerprint density at radius 3 is 1.34 bits per heavy atom. The average Bonchev–Trinajstić information content (AvgIpc) is 3.31. The van der Waals surface area contributed by atoms with Crippen molar-refractivity contribution in [1.82, 2.24) is 0 Å². The zero-order valence-electron chi connectivity index (χ0n) is 42.2. The van der Waals surface area contributed by atoms with Crippen LogP contribution in [0, 0.1) is 0 Å². The van der Waals surface area contributed by atoms with Crippen molar-refractivity contribution in [3.8, 4) is 0 Å². The summed E-state index contributed by atoms with van der Waals surface area (Å²) in [5.41, 5.74) is 0. The molecule has 0 bridgehead atoms. The Hall–Kier alpha value is -1.70. The standard InChI is InChI=1S/C54H99O12P/c1-3-5-7-9-11-13-15-17-19-21-23-24-25-27-29-31-33-35-37-39-41-43-48(55)65-47(46-64-67(61,62)66-54-52(59)50(57)49(56)51(58)53(54)60)45-63-44-42-40-38-36-34-32-30-28-26-22-20-18-16-14-12-10-8-6-4-2/h5,7,11,13,17,19,23-24,47,49-54,56-60H,3-4,6,8-10,12,14-16,18,20-22,25-46H2,1-2H3,(H,61,62)/b7-5-,13-11-,19-17-,24-23-. The van der Waals surface area contributed by atoms with Gasteiger partial charge in [0.05, 0.1) is 13.2 Å². The number of phosphoric acid groups is 1. The van der Waals surface area contributed by atoms with E-state index >= 15 is 0 Å². The van der Waals surface area contributed by atoms with Gasteiger partial charge in [0.15, 0.2) is 0 Å². The molecule has 13 heteroatoms. The van der Waals surface area contributed by atoms with Crippen LogP contribution in [-0.2, 0) is 27.9 Å². The highest BCUT2D eigenvalue weighted by molar-refractivity contribution is 7.47. The Bertz CT molecular complexity index is 1290. The van der Waals surface area contributed by atoms with Crippen molar-refractivity contribution >= 4 is 13.8 Å². The Balaban J connectivity index is 2.32. The van der Waals surface area contributed by atoms with Gasteiger partial charge in [0.25, 0.3) is 0 Å². The summed E-state index contributed by atoms with van der Waals surface area (Å²) in [5.74, 6) is -0.483. The van der Waals surface area contributed by atoms with Crippen LogP contribution in [0.3, 0.4) is 0 Å². The molecule has 6 unspecified atom stereocenters. The first kappa shape index (κ1) is 63.3. The second-order valence-electron chi connectivity index (χ2n) is 18.7. The molecule has 0 aromatic heterocycles. The molecule has 1 saturated carbocycles. The summed E-state index contributed by atoms with van der Waals surface area (Å²) < 4.78 is 34.4. The number of esters is 1. The minimum absolute atomic E-state index is 0.0780. The van der Waals surface area contributed by atoms with Crippen molar-refractivity contribution in [2.24, 2.45) is 0 Å². The molecule has 0 aliphatic heterocycles. The lowest BCUT2D eigenvalue weighted by molar-refractivity contribution is -0.220. The molecular weight excluding hydrogens is 872 g/mol. The van der Waals surface area contributed by atoms with E-state index in [1.54, 1.807) is 0 Å². The summed E-state index contributed by atoms with van der Waals surface area (Å²) in [7, 11) is -5.03. The van der Waals surface area contributed by atoms with Gasteiger partial charge in [0, 0.05) is 13.0 Å². The van der Waals surface area contributed by atoms with Gasteiger partial charge in [0.2, 0.25) is 0 Å². The maximum absolute atomic E-state index is 12.9. The van der Waals surface area contributed by atoms with Crippen LogP contribution in [0.15, 0.2) is 48.6 Å². The van der Waals surface area contributed by atoms with E-state index in [0.717, 1.165) is 77.0 Å². The van der Waals surface area contributed by atoms with Crippen molar-refractivity contribution < 1.29 is 58.3 Å². The molecule has 0 aromatic rings. The molecule has 6 N–H and O–H groups in total. The Morgan fingerprint density at radius 1 is 0.493 bits per heavy atom. The fourth-order valence-corrected chi connectivity index (χ4v) is 9.20. The molecule has 67 heavy (non-hydrogen) atoms. The van der Waals surface area contributed by atoms with Crippen LogP contribution >= 0.6 is 7.82 Å². The van der Waals surface area contributed by atoms with Crippen LogP contribution in [0.5, 0.6) is 0 Å². The summed E-state index contributed by atoms with van der Waals surface area (Å²) in [6.45, 7) is 4.18. The number of hydrogen-bond acceptors (Lipinski definition) is 11. The molecule has 1 aliphatic carbocycles. The summed E-state index contributed by atoms with van der Waals surface area (Å²) in [5, 5.41) is 50.4. The van der Waals surface area contributed by atoms with Crippen LogP contribution in [0.25, 0.3) is 0 Å². The maximum Gasteiger partial charge on any atom is 0.472 e. The lowest BCUT2D eigenvalue weighted by atomic mass is 9.85. The highest BCUT2D eigenvalue weighted by Crippen LogP contribution is 2.47. The minimum Gasteiger partial charge on any atom is -0.457 e. The SMILES string of the molecule is CC/C=C\C/C=C\C/C=C\C/C=C\CCCCCCCCCCC(=O)OC(COCCCCCCCCCCCCCCCCCCCCC)COP(=O)(O)OC1C(O)C(O)C(O)C(O)C1O. The van der Waals surface area contributed by atoms with E-state index in [9.17, 15) is 39.8 Å². The minimum atomic E-state index is -5.03. The number of carbonyl (C=O) groups excluding carboxylic acids is 1. The lowest BCUT2D eigenvalue weighted by Crippen LogP contribution is -2.64. The molecule has 0 spiro atoms. The van der Waals surface area contributed by atoms with Gasteiger partial charge in [-0.05, 0) is 51.4 Å². The number of phosphoric ester groups is 1. The predicted octanol–water partition coefficient (Wildman–Crippen LogP) is 12.4. The van der Waals surface area contributed by atoms with Crippen LogP contribution in [0.2, 0.25) is 0 Å². The molecule has 12 nitrogen and oxygen atoms in total. The van der Waals surface area contributed by atoms with Gasteiger partial charge >= 0.3 is 13.8 Å². The number of allylic oxidation sites excluding steroid dienone is 8. The van der Waals surface area contributed by atoms with Crippen molar-refractivity contribution in [2.45, 2.75) is 268 Å². The van der Waals surface area contributed by atoms with E-state index in [4.69, 9.17) is 18.5 Å². The van der Waals surface area contributed by atoms with Gasteiger partial charge in [0.1, 0.15) is 42.7 Å². The van der Waals surface area contributed by atoms with E-state index in [0.29, 0.717) is 13.0 Å². The second kappa shape index (κ2) is 44.3. The number of carbonyl (C=O) groups is 1. The summed E-state index contributed by atoms with van der Waals surface area (Å²) >= 11 is 0. The van der Waals surface area contributed by atoms with Gasteiger partial charge in [-0.15, -0.1) is 0 Å². The lowest BCUT2D eigenvalue weighted by Gasteiger charge is -2.41. The fourth-order valence-electron chi connectivity index (χ4n) is 8.23. The number of ether oxygens (including phenoxy) is 2. The average molecular weight is 971 g/mol. The third kappa shape index (κ3) is 36.0. The summed E-state index contributed by atoms with van der Waals surface area (Å²) in [6, 6.07) is 0. The van der Waals surface area contributed by atoms with Crippen LogP contribution in [0.1, 0.15) is 226 Å². The Labute approximate surface area is 407 Å². The van der Waals surface area contributed by atoms with Gasteiger partial charge < -0.3 is 39.9 Å². The van der Waals surface area contributed by atoms with Crippen LogP contribution < -0.4 is 0 Å². The van der Waals surface area contributed by atoms with Crippen molar-refractivity contribution in [3.63, 3.8) is 0 Å². The van der Waals surface area contributed by atoms with Gasteiger partial charge in [-0.3, -0.25) is 13.8 Å². The molecule has 0 aromatic carbocycles. The van der Waals surface area contributed by atoms with Gasteiger partial charge in [-0.2, -0.15) is 0 Å². The van der Waals surface area contributed by atoms with Crippen LogP contribution in [0.4, 0.5) is 0 Å². The van der Waals surface area contributed by atoms with Crippen molar-refractivity contribution in [3.05, 3.63) is 48.6 Å². The topological polar surface area (TPSA) is 192 Å². The quantitative estimate of drug-likeness (QED) is 0.0147. The first-order valence-electron chi connectivity index (χ1n) is 27.0. The molecule has 0 radical (unpaired) electrons. The third-order valence-electron chi connectivity index (χ3n) is 12.5. The Kier molecular flexibility index (Phi) is 41.8. The molecule has 1 rings (SSSR count). The van der Waals surface area contributed by atoms with Gasteiger partial charge in [-0.1, -0.05) is 217 Å². The largest absolute Gasteiger partial charge is 0.472 e. The monoisotopic (exact) mass is 971 g/mol. The second-order valence-corrected chi connectivity index (χ2v) is 20.1. The first-order chi connectivity index (χ1) is 32.5. The number of rotatable bonds is 46. The van der Waals surface area contributed by atoms with E-state index in [2.05, 4.69) is 62.5 Å². The maximum atomic E-state index is 12.9. The number of aliphatic hydroxyl groups excluding tert-OH is 5. The highest BCUT2D eigenvalue weighted by Gasteiger charge is 2.51. The smallest absolute Gasteiger partial charge is 0.457 e. The van der Waals surface area contributed by atoms with Crippen molar-refractivity contribution in [2.75, 3.05) is 19.8 Å². The molecule has 0 amide bonds. The van der Waals surface area contributed by atoms with Crippen LogP contribution in [-0.4, -0.2) is 98.9 Å². The van der Waals surface area contributed by atoms with Gasteiger partial charge in [-0.25, -0.2) is 4.57 Å². The zero-order valence-corrected chi connectivity index (χ0v) is 43.1. The third-order valence-corrected chi connectivity index (χ3v) is 13.5. The summed E-state index contributed by atoms with van der Waals surface area (Å²) in [6.07, 6.45) is 43.1. The molecule has 6 atom stereocenters. The Morgan fingerprint density at radius 2 is 0.881 bits per heavy atom. The van der Waals surface area contributed by atoms with E-state index in [1.165, 1.54) is 122 Å². The molecule has 0 heterocycles. The number of hydrogen-bond donors (Lipinski definition) is 6. The molecule has 392 valence electrons. The van der Waals surface area contributed by atoms with E-state index in [1.807, 2.05) is 0 Å². The predicted molar refractivity (Wildman–Crippen MR) is 272 cm³/mol. The zero-order chi connectivity index (χ0) is 49.1. The first-order valence-corrected chi connectivity index (χ1v) is 28.5. The summed E-state index contributed by atoms with van der Waals surface area (Å²) in [4.78, 5) is 23.3. The normalized spacial score (nSPS) is 21.6. The molecule has 0 saturated heterocycles. The molecule has 1 fully saturated rings.